The molecule has 0 saturated carbocycles. The summed E-state index contributed by atoms with van der Waals surface area (Å²) in [5.41, 5.74) is 1.16. The van der Waals surface area contributed by atoms with Gasteiger partial charge >= 0.3 is 35.5 Å². The average molecular weight is 301 g/mol. The van der Waals surface area contributed by atoms with Crippen LogP contribution in [0, 0.1) is 6.92 Å². The van der Waals surface area contributed by atoms with Crippen LogP contribution in [0.15, 0.2) is 23.1 Å². The monoisotopic (exact) mass is 300 g/mol. The summed E-state index contributed by atoms with van der Waals surface area (Å²) in [5.74, 6) is -0.173. The van der Waals surface area contributed by atoms with Gasteiger partial charge in [-0.3, -0.25) is 5.04 Å². The van der Waals surface area contributed by atoms with E-state index in [-0.39, 0.29) is 42.0 Å². The second-order valence-corrected chi connectivity index (χ2v) is 4.17. The second-order valence-electron chi connectivity index (χ2n) is 3.02. The van der Waals surface area contributed by atoms with Gasteiger partial charge in [-0.25, -0.2) is 4.79 Å². The number of carbonyl (C=O) groups is 1. The molecule has 1 aromatic rings. The molecule has 0 heterocycles. The van der Waals surface area contributed by atoms with Crippen molar-refractivity contribution in [2.24, 2.45) is 0 Å². The van der Waals surface area contributed by atoms with Crippen LogP contribution in [0.5, 0.6) is 0 Å². The number of rotatable bonds is 6. The molecular formula is C10H10ClNaO5S. The molecule has 0 bridgehead atoms. The fraction of sp³-hybridized carbons (Fsp3) is 0.300. The summed E-state index contributed by atoms with van der Waals surface area (Å²) in [6, 6.07) is 4.89. The standard InChI is InChI=1S/C10H11ClO5S.Na/c1-7-6-8(17-16-15-13)2-3-9(7)10(12)14-5-4-11;/h2-3,6,13H,4-5H2,1H3;/q;+1/p-1. The Balaban J connectivity index is 0.00000289. The predicted molar refractivity (Wildman–Crippen MR) is 60.2 cm³/mol. The molecule has 5 nitrogen and oxygen atoms in total. The van der Waals surface area contributed by atoms with Gasteiger partial charge in [-0.1, -0.05) is 0 Å². The Labute approximate surface area is 136 Å². The fourth-order valence-corrected chi connectivity index (χ4v) is 1.71. The molecule has 1 aromatic carbocycles. The summed E-state index contributed by atoms with van der Waals surface area (Å²) in [7, 11) is 0. The van der Waals surface area contributed by atoms with E-state index < -0.39 is 5.97 Å². The van der Waals surface area contributed by atoms with Crippen LogP contribution in [-0.2, 0) is 14.1 Å². The summed E-state index contributed by atoms with van der Waals surface area (Å²) >= 11 is 6.18. The molecule has 0 aliphatic rings. The quantitative estimate of drug-likeness (QED) is 0.161. The van der Waals surface area contributed by atoms with Gasteiger partial charge in [-0.15, -0.1) is 11.6 Å². The van der Waals surface area contributed by atoms with Gasteiger partial charge in [0.2, 0.25) is 0 Å². The van der Waals surface area contributed by atoms with Crippen LogP contribution in [0.2, 0.25) is 0 Å². The molecule has 0 atom stereocenters. The first-order valence-corrected chi connectivity index (χ1v) is 5.93. The molecule has 0 radical (unpaired) electrons. The van der Waals surface area contributed by atoms with Crippen LogP contribution in [0.1, 0.15) is 15.9 Å². The normalized spacial score (nSPS) is 9.72. The maximum Gasteiger partial charge on any atom is 1.00 e. The van der Waals surface area contributed by atoms with Crippen molar-refractivity contribution in [1.82, 2.24) is 0 Å². The van der Waals surface area contributed by atoms with Gasteiger partial charge in [-0.2, -0.15) is 4.33 Å². The van der Waals surface area contributed by atoms with Crippen molar-refractivity contribution < 1.29 is 53.7 Å². The molecule has 0 aliphatic carbocycles. The zero-order valence-corrected chi connectivity index (χ0v) is 13.5. The Hall–Kier alpha value is 0.210. The second kappa shape index (κ2) is 10.1. The van der Waals surface area contributed by atoms with E-state index >= 15 is 0 Å². The molecule has 0 aliphatic heterocycles. The molecule has 0 amide bonds. The minimum Gasteiger partial charge on any atom is -0.691 e. The third-order valence-corrected chi connectivity index (χ3v) is 2.61. The molecule has 8 heteroatoms. The van der Waals surface area contributed by atoms with E-state index in [0.717, 1.165) is 12.0 Å². The van der Waals surface area contributed by atoms with Crippen LogP contribution < -0.4 is 34.8 Å². The summed E-state index contributed by atoms with van der Waals surface area (Å²) in [5, 5.41) is 12.9. The largest absolute Gasteiger partial charge is 1.00 e. The molecule has 0 saturated heterocycles. The first kappa shape index (κ1) is 18.2. The smallest absolute Gasteiger partial charge is 0.691 e. The summed E-state index contributed by atoms with van der Waals surface area (Å²) in [6.07, 6.45) is 0. The minimum atomic E-state index is -0.430. The zero-order valence-electron chi connectivity index (χ0n) is 9.97. The Kier molecular flexibility index (Phi) is 10.2. The van der Waals surface area contributed by atoms with Gasteiger partial charge in [-0.05, 0) is 30.7 Å². The van der Waals surface area contributed by atoms with E-state index in [1.165, 1.54) is 0 Å². The number of alkyl halides is 1. The Morgan fingerprint density at radius 2 is 2.22 bits per heavy atom. The number of carbonyl (C=O) groups excluding carboxylic acids is 1. The van der Waals surface area contributed by atoms with E-state index in [1.807, 2.05) is 0 Å². The van der Waals surface area contributed by atoms with Crippen LogP contribution in [-0.4, -0.2) is 18.5 Å². The number of halogens is 1. The van der Waals surface area contributed by atoms with Crippen LogP contribution in [0.4, 0.5) is 0 Å². The molecule has 0 fully saturated rings. The van der Waals surface area contributed by atoms with E-state index in [4.69, 9.17) is 16.3 Å². The van der Waals surface area contributed by atoms with Crippen molar-refractivity contribution >= 4 is 29.6 Å². The number of ether oxygens (including phenoxy) is 1. The topological polar surface area (TPSA) is 67.8 Å². The van der Waals surface area contributed by atoms with E-state index in [1.54, 1.807) is 25.1 Å². The van der Waals surface area contributed by atoms with Gasteiger partial charge < -0.3 is 9.99 Å². The van der Waals surface area contributed by atoms with E-state index in [9.17, 15) is 10.1 Å². The van der Waals surface area contributed by atoms with Crippen LogP contribution in [0.25, 0.3) is 0 Å². The molecular weight excluding hydrogens is 291 g/mol. The number of benzene rings is 1. The van der Waals surface area contributed by atoms with Crippen molar-refractivity contribution in [2.75, 3.05) is 12.5 Å². The molecule has 94 valence electrons. The molecule has 0 unspecified atom stereocenters. The van der Waals surface area contributed by atoms with Gasteiger partial charge in [0, 0.05) is 4.90 Å². The summed E-state index contributed by atoms with van der Waals surface area (Å²) in [4.78, 5) is 12.2. The first-order chi connectivity index (χ1) is 8.19. The molecule has 18 heavy (non-hydrogen) atoms. The number of aryl methyl sites for hydroxylation is 1. The summed E-state index contributed by atoms with van der Waals surface area (Å²) in [6.45, 7) is 1.92. The van der Waals surface area contributed by atoms with Crippen LogP contribution in [0.3, 0.4) is 0 Å². The average Bonchev–Trinajstić information content (AvgIpc) is 2.33. The Morgan fingerprint density at radius 1 is 1.50 bits per heavy atom. The van der Waals surface area contributed by atoms with Crippen molar-refractivity contribution in [3.05, 3.63) is 29.3 Å². The number of hydrogen-bond acceptors (Lipinski definition) is 6. The molecule has 0 N–H and O–H groups in total. The van der Waals surface area contributed by atoms with Crippen molar-refractivity contribution in [2.45, 2.75) is 11.8 Å². The number of hydrogen-bond donors (Lipinski definition) is 0. The first-order valence-electron chi connectivity index (χ1n) is 4.66. The summed E-state index contributed by atoms with van der Waals surface area (Å²) < 4.78 is 9.06. The predicted octanol–water partition coefficient (Wildman–Crippen LogP) is -1.37. The van der Waals surface area contributed by atoms with Gasteiger partial charge in [0.25, 0.3) is 0 Å². The van der Waals surface area contributed by atoms with Gasteiger partial charge in [0.15, 0.2) is 0 Å². The van der Waals surface area contributed by atoms with Gasteiger partial charge in [0.05, 0.1) is 23.5 Å². The Morgan fingerprint density at radius 3 is 2.78 bits per heavy atom. The van der Waals surface area contributed by atoms with E-state index in [0.29, 0.717) is 16.0 Å². The molecule has 0 aromatic heterocycles. The fourth-order valence-electron chi connectivity index (χ4n) is 1.18. The third-order valence-electron chi connectivity index (χ3n) is 1.89. The van der Waals surface area contributed by atoms with Crippen molar-refractivity contribution in [3.63, 3.8) is 0 Å². The van der Waals surface area contributed by atoms with E-state index in [2.05, 4.69) is 9.37 Å². The van der Waals surface area contributed by atoms with Crippen molar-refractivity contribution in [1.29, 1.82) is 0 Å². The number of esters is 1. The van der Waals surface area contributed by atoms with Crippen molar-refractivity contribution in [3.8, 4) is 0 Å². The van der Waals surface area contributed by atoms with Crippen LogP contribution >= 0.6 is 23.6 Å². The maximum atomic E-state index is 11.6. The Bertz CT molecular complexity index is 391. The SMILES string of the molecule is Cc1cc(SOO[O-])ccc1C(=O)OCCCl.[Na+]. The van der Waals surface area contributed by atoms with Gasteiger partial charge in [0.1, 0.15) is 6.61 Å². The maximum absolute atomic E-state index is 11.6. The minimum absolute atomic E-state index is 0. The third kappa shape index (κ3) is 5.90. The molecule has 0 spiro atoms. The zero-order chi connectivity index (χ0) is 12.7. The molecule has 1 rings (SSSR count).